The van der Waals surface area contributed by atoms with Crippen molar-refractivity contribution in [1.29, 1.82) is 0 Å². The summed E-state index contributed by atoms with van der Waals surface area (Å²) in [6.45, 7) is 2.30. The Morgan fingerprint density at radius 2 is 2.26 bits per heavy atom. The van der Waals surface area contributed by atoms with Gasteiger partial charge in [-0.25, -0.2) is 17.8 Å². The van der Waals surface area contributed by atoms with Crippen LogP contribution in [0.5, 0.6) is 0 Å². The summed E-state index contributed by atoms with van der Waals surface area (Å²) >= 11 is 0. The summed E-state index contributed by atoms with van der Waals surface area (Å²) in [5.41, 5.74) is 0.438. The number of nitrogens with one attached hydrogen (secondary N) is 1. The molecule has 2 aliphatic heterocycles. The van der Waals surface area contributed by atoms with Crippen molar-refractivity contribution < 1.29 is 22.3 Å². The van der Waals surface area contributed by atoms with Crippen LogP contribution in [0.3, 0.4) is 0 Å². The number of aromatic amines is 1. The molecule has 2 saturated heterocycles. The second kappa shape index (κ2) is 7.31. The van der Waals surface area contributed by atoms with Crippen LogP contribution < -0.4 is 0 Å². The SMILES string of the molecule is O=S(=O)(c1cnc[nH]1)N1CC2(CC(CCOCc3cccc(F)c3)CO2)C1. The van der Waals surface area contributed by atoms with Gasteiger partial charge in [-0.3, -0.25) is 0 Å². The fourth-order valence-electron chi connectivity index (χ4n) is 3.70. The van der Waals surface area contributed by atoms with Crippen molar-refractivity contribution in [1.82, 2.24) is 14.3 Å². The Balaban J connectivity index is 1.21. The number of H-pyrrole nitrogens is 1. The molecule has 1 N–H and O–H groups in total. The van der Waals surface area contributed by atoms with E-state index in [4.69, 9.17) is 9.47 Å². The van der Waals surface area contributed by atoms with Crippen molar-refractivity contribution in [3.8, 4) is 0 Å². The summed E-state index contributed by atoms with van der Waals surface area (Å²) in [5.74, 6) is 0.0800. The number of nitrogens with zero attached hydrogens (tertiary/aromatic N) is 2. The minimum absolute atomic E-state index is 0.109. The molecule has 0 amide bonds. The van der Waals surface area contributed by atoms with Crippen LogP contribution in [0.1, 0.15) is 18.4 Å². The van der Waals surface area contributed by atoms with E-state index < -0.39 is 10.0 Å². The molecule has 3 heterocycles. The number of halogens is 1. The van der Waals surface area contributed by atoms with Gasteiger partial charge >= 0.3 is 0 Å². The predicted octanol–water partition coefficient (Wildman–Crippen LogP) is 1.94. The van der Waals surface area contributed by atoms with Crippen molar-refractivity contribution in [2.24, 2.45) is 5.92 Å². The lowest BCUT2D eigenvalue weighted by Gasteiger charge is -2.45. The monoisotopic (exact) mass is 395 g/mol. The molecule has 27 heavy (non-hydrogen) atoms. The van der Waals surface area contributed by atoms with Gasteiger partial charge in [-0.15, -0.1) is 0 Å². The Morgan fingerprint density at radius 3 is 3.00 bits per heavy atom. The van der Waals surface area contributed by atoms with Crippen LogP contribution >= 0.6 is 0 Å². The molecule has 2 fully saturated rings. The second-order valence-corrected chi connectivity index (χ2v) is 9.13. The van der Waals surface area contributed by atoms with Gasteiger partial charge in [0.15, 0.2) is 5.03 Å². The van der Waals surface area contributed by atoms with Gasteiger partial charge in [0.25, 0.3) is 10.0 Å². The van der Waals surface area contributed by atoms with E-state index in [-0.39, 0.29) is 16.4 Å². The van der Waals surface area contributed by atoms with Crippen LogP contribution in [-0.4, -0.2) is 54.6 Å². The van der Waals surface area contributed by atoms with Gasteiger partial charge in [0.2, 0.25) is 0 Å². The lowest BCUT2D eigenvalue weighted by molar-refractivity contribution is -0.0774. The number of ether oxygens (including phenoxy) is 2. The highest BCUT2D eigenvalue weighted by molar-refractivity contribution is 7.89. The Bertz CT molecular complexity index is 882. The Kier molecular flexibility index (Phi) is 5.02. The fraction of sp³-hybridized carbons (Fsp3) is 0.500. The third-order valence-electron chi connectivity index (χ3n) is 5.13. The topological polar surface area (TPSA) is 84.5 Å². The van der Waals surface area contributed by atoms with Gasteiger partial charge in [-0.2, -0.15) is 4.31 Å². The third-order valence-corrected chi connectivity index (χ3v) is 6.85. The van der Waals surface area contributed by atoms with Crippen molar-refractivity contribution in [2.75, 3.05) is 26.3 Å². The fourth-order valence-corrected chi connectivity index (χ4v) is 5.19. The zero-order valence-corrected chi connectivity index (χ0v) is 15.6. The zero-order valence-electron chi connectivity index (χ0n) is 14.8. The zero-order chi connectivity index (χ0) is 18.9. The van der Waals surface area contributed by atoms with Crippen LogP contribution in [0.15, 0.2) is 41.8 Å². The molecule has 1 atom stereocenters. The first-order chi connectivity index (χ1) is 13.0. The largest absolute Gasteiger partial charge is 0.377 e. The first-order valence-corrected chi connectivity index (χ1v) is 10.4. The van der Waals surface area contributed by atoms with E-state index in [0.29, 0.717) is 38.8 Å². The molecule has 1 aromatic carbocycles. The molecule has 0 radical (unpaired) electrons. The van der Waals surface area contributed by atoms with Crippen molar-refractivity contribution >= 4 is 10.0 Å². The van der Waals surface area contributed by atoms with Gasteiger partial charge in [-0.1, -0.05) is 12.1 Å². The molecule has 2 aromatic rings. The first kappa shape index (κ1) is 18.5. The van der Waals surface area contributed by atoms with Crippen molar-refractivity contribution in [2.45, 2.75) is 30.1 Å². The molecule has 2 aliphatic rings. The molecule has 0 aliphatic carbocycles. The van der Waals surface area contributed by atoms with Crippen LogP contribution in [-0.2, 0) is 26.1 Å². The van der Waals surface area contributed by atoms with E-state index in [0.717, 1.165) is 18.4 Å². The lowest BCUT2D eigenvalue weighted by Crippen LogP contribution is -2.63. The highest BCUT2D eigenvalue weighted by Gasteiger charge is 2.53. The van der Waals surface area contributed by atoms with E-state index in [2.05, 4.69) is 9.97 Å². The van der Waals surface area contributed by atoms with Crippen LogP contribution in [0, 0.1) is 11.7 Å². The number of rotatable bonds is 7. The molecule has 0 bridgehead atoms. The van der Waals surface area contributed by atoms with Gasteiger partial charge in [-0.05, 0) is 36.5 Å². The molecule has 1 unspecified atom stereocenters. The van der Waals surface area contributed by atoms with Crippen LogP contribution in [0.4, 0.5) is 4.39 Å². The highest BCUT2D eigenvalue weighted by atomic mass is 32.2. The van der Waals surface area contributed by atoms with Gasteiger partial charge in [0.1, 0.15) is 5.82 Å². The maximum absolute atomic E-state index is 13.1. The number of hydrogen-bond acceptors (Lipinski definition) is 5. The molecule has 7 nitrogen and oxygen atoms in total. The Labute approximate surface area is 157 Å². The average Bonchev–Trinajstić information content (AvgIpc) is 3.28. The average molecular weight is 395 g/mol. The highest BCUT2D eigenvalue weighted by Crippen LogP contribution is 2.41. The minimum Gasteiger partial charge on any atom is -0.377 e. The van der Waals surface area contributed by atoms with Crippen molar-refractivity contribution in [3.63, 3.8) is 0 Å². The van der Waals surface area contributed by atoms with E-state index in [1.807, 2.05) is 6.07 Å². The van der Waals surface area contributed by atoms with Gasteiger partial charge < -0.3 is 14.5 Å². The molecule has 0 saturated carbocycles. The Hall–Kier alpha value is -1.81. The summed E-state index contributed by atoms with van der Waals surface area (Å²) in [5, 5.41) is 0.109. The molecule has 1 spiro atoms. The number of benzene rings is 1. The smallest absolute Gasteiger partial charge is 0.260 e. The first-order valence-electron chi connectivity index (χ1n) is 8.92. The van der Waals surface area contributed by atoms with E-state index >= 15 is 0 Å². The molecule has 9 heteroatoms. The number of aromatic nitrogens is 2. The lowest BCUT2D eigenvalue weighted by atomic mass is 9.88. The predicted molar refractivity (Wildman–Crippen MR) is 94.8 cm³/mol. The van der Waals surface area contributed by atoms with Crippen molar-refractivity contribution in [3.05, 3.63) is 48.2 Å². The minimum atomic E-state index is -3.51. The van der Waals surface area contributed by atoms with Crippen LogP contribution in [0.25, 0.3) is 0 Å². The second-order valence-electron chi connectivity index (χ2n) is 7.22. The molecular weight excluding hydrogens is 373 g/mol. The third kappa shape index (κ3) is 3.91. The summed E-state index contributed by atoms with van der Waals surface area (Å²) in [6, 6.07) is 6.38. The molecule has 4 rings (SSSR count). The van der Waals surface area contributed by atoms with Gasteiger partial charge in [0, 0.05) is 19.7 Å². The maximum Gasteiger partial charge on any atom is 0.260 e. The summed E-state index contributed by atoms with van der Waals surface area (Å²) < 4.78 is 51.0. The summed E-state index contributed by atoms with van der Waals surface area (Å²) in [6.07, 6.45) is 4.33. The normalized spacial score (nSPS) is 22.2. The standard InChI is InChI=1S/C18H22FN3O4S/c19-16-3-1-2-14(6-16)9-25-5-4-15-7-18(26-10-15)11-22(12-18)27(23,24)17-8-20-13-21-17/h1-3,6,8,13,15H,4-5,7,9-12H2,(H,20,21). The van der Waals surface area contributed by atoms with E-state index in [9.17, 15) is 12.8 Å². The molecular formula is C18H22FN3O4S. The van der Waals surface area contributed by atoms with Crippen LogP contribution in [0.2, 0.25) is 0 Å². The number of imidazole rings is 1. The van der Waals surface area contributed by atoms with E-state index in [1.165, 1.54) is 29.0 Å². The van der Waals surface area contributed by atoms with E-state index in [1.54, 1.807) is 6.07 Å². The van der Waals surface area contributed by atoms with Gasteiger partial charge in [0.05, 0.1) is 31.3 Å². The number of hydrogen-bond donors (Lipinski definition) is 1. The summed E-state index contributed by atoms with van der Waals surface area (Å²) in [7, 11) is -3.51. The molecule has 1 aromatic heterocycles. The maximum atomic E-state index is 13.1. The summed E-state index contributed by atoms with van der Waals surface area (Å²) in [4.78, 5) is 6.42. The number of sulfonamides is 1. The molecule has 146 valence electrons. The quantitative estimate of drug-likeness (QED) is 0.725. The Morgan fingerprint density at radius 1 is 1.41 bits per heavy atom.